The van der Waals surface area contributed by atoms with Crippen molar-refractivity contribution in [3.8, 4) is 11.8 Å². The number of fused-ring (bicyclic) bond motifs is 1. The average molecular weight is 233 g/mol. The molecule has 0 unspecified atom stereocenters. The van der Waals surface area contributed by atoms with Crippen molar-refractivity contribution in [1.29, 1.82) is 0 Å². The molecular weight excluding hydrogens is 226 g/mol. The fraction of sp³-hybridized carbons (Fsp3) is 0.111. The summed E-state index contributed by atoms with van der Waals surface area (Å²) in [5.74, 6) is 3.70. The molecular formula is C9H7N5O3. The average Bonchev–Trinajstić information content (AvgIpc) is 2.68. The van der Waals surface area contributed by atoms with E-state index in [0.717, 1.165) is 4.57 Å². The Labute approximate surface area is 93.5 Å². The molecule has 0 atom stereocenters. The van der Waals surface area contributed by atoms with Crippen LogP contribution in [0.25, 0.3) is 11.2 Å². The summed E-state index contributed by atoms with van der Waals surface area (Å²) >= 11 is 0. The largest absolute Gasteiger partial charge is 0.359 e. The van der Waals surface area contributed by atoms with Crippen LogP contribution in [0.2, 0.25) is 0 Å². The number of aromatic amines is 2. The van der Waals surface area contributed by atoms with Crippen molar-refractivity contribution in [3.05, 3.63) is 26.7 Å². The van der Waals surface area contributed by atoms with E-state index in [1.165, 1.54) is 7.05 Å². The quantitative estimate of drug-likeness (QED) is 0.445. The molecule has 0 bridgehead atoms. The van der Waals surface area contributed by atoms with E-state index >= 15 is 0 Å². The third-order valence-corrected chi connectivity index (χ3v) is 2.06. The highest BCUT2D eigenvalue weighted by molar-refractivity contribution is 5.92. The van der Waals surface area contributed by atoms with Gasteiger partial charge in [-0.25, -0.2) is 9.78 Å². The fourth-order valence-corrected chi connectivity index (χ4v) is 1.28. The number of hydrogen-bond donors (Lipinski definition) is 3. The topological polar surface area (TPSA) is 127 Å². The minimum absolute atomic E-state index is 0.0884. The van der Waals surface area contributed by atoms with Gasteiger partial charge in [-0.1, -0.05) is 0 Å². The van der Waals surface area contributed by atoms with Crippen LogP contribution in [0.5, 0.6) is 0 Å². The number of aromatic nitrogens is 4. The maximum atomic E-state index is 11.4. The summed E-state index contributed by atoms with van der Waals surface area (Å²) in [6, 6.07) is 0. The predicted molar refractivity (Wildman–Crippen MR) is 58.0 cm³/mol. The third kappa shape index (κ3) is 1.81. The summed E-state index contributed by atoms with van der Waals surface area (Å²) in [5.41, 5.74) is 3.94. The molecule has 0 fully saturated rings. The van der Waals surface area contributed by atoms with Gasteiger partial charge in [0.1, 0.15) is 0 Å². The molecule has 1 amide bonds. The minimum Gasteiger partial charge on any atom is -0.359 e. The first kappa shape index (κ1) is 10.7. The Morgan fingerprint density at radius 1 is 1.41 bits per heavy atom. The van der Waals surface area contributed by atoms with E-state index in [9.17, 15) is 14.4 Å². The summed E-state index contributed by atoms with van der Waals surface area (Å²) in [6.07, 6.45) is 0. The number of aryl methyl sites for hydroxylation is 1. The molecule has 86 valence electrons. The molecule has 2 aromatic rings. The van der Waals surface area contributed by atoms with Gasteiger partial charge in [0.2, 0.25) is 0 Å². The second-order valence-electron chi connectivity index (χ2n) is 3.22. The van der Waals surface area contributed by atoms with Gasteiger partial charge in [-0.3, -0.25) is 19.1 Å². The smallest absolute Gasteiger partial charge is 0.329 e. The molecule has 2 aromatic heterocycles. The Morgan fingerprint density at radius 2 is 2.12 bits per heavy atom. The van der Waals surface area contributed by atoms with E-state index in [0.29, 0.717) is 0 Å². The van der Waals surface area contributed by atoms with E-state index in [2.05, 4.69) is 26.8 Å². The lowest BCUT2D eigenvalue weighted by atomic mass is 10.5. The first-order valence-corrected chi connectivity index (χ1v) is 4.49. The molecule has 0 aliphatic heterocycles. The van der Waals surface area contributed by atoms with Crippen LogP contribution in [0.4, 0.5) is 0 Å². The number of rotatable bonds is 0. The summed E-state index contributed by atoms with van der Waals surface area (Å²) in [6.45, 7) is 0. The standard InChI is InChI=1S/C9H7N5O3/c1-14-7-6(8(16)13-9(14)17)11-5(12-7)3-2-4(10)15/h1H3,(H2,10,15)(H,11,12)(H,13,16,17). The van der Waals surface area contributed by atoms with Gasteiger partial charge >= 0.3 is 5.69 Å². The number of carbonyl (C=O) groups is 1. The van der Waals surface area contributed by atoms with Crippen LogP contribution in [0.15, 0.2) is 9.59 Å². The molecule has 4 N–H and O–H groups in total. The highest BCUT2D eigenvalue weighted by Gasteiger charge is 2.09. The van der Waals surface area contributed by atoms with Gasteiger partial charge in [-0.15, -0.1) is 0 Å². The first-order valence-electron chi connectivity index (χ1n) is 4.49. The monoisotopic (exact) mass is 233 g/mol. The lowest BCUT2D eigenvalue weighted by Gasteiger charge is -1.94. The van der Waals surface area contributed by atoms with Gasteiger partial charge in [0.15, 0.2) is 17.0 Å². The molecule has 2 rings (SSSR count). The normalized spacial score (nSPS) is 9.94. The number of H-pyrrole nitrogens is 2. The minimum atomic E-state index is -0.812. The molecule has 0 spiro atoms. The highest BCUT2D eigenvalue weighted by atomic mass is 16.2. The second kappa shape index (κ2) is 3.64. The van der Waals surface area contributed by atoms with Crippen LogP contribution < -0.4 is 17.0 Å². The van der Waals surface area contributed by atoms with E-state index in [1.807, 2.05) is 0 Å². The lowest BCUT2D eigenvalue weighted by Crippen LogP contribution is -2.28. The Kier molecular flexibility index (Phi) is 2.29. The van der Waals surface area contributed by atoms with E-state index in [1.54, 1.807) is 0 Å². The number of nitrogens with zero attached hydrogens (tertiary/aromatic N) is 2. The molecule has 8 heteroatoms. The van der Waals surface area contributed by atoms with E-state index < -0.39 is 17.2 Å². The van der Waals surface area contributed by atoms with Crippen LogP contribution in [0, 0.1) is 11.8 Å². The molecule has 17 heavy (non-hydrogen) atoms. The summed E-state index contributed by atoms with van der Waals surface area (Å²) in [7, 11) is 1.45. The Balaban J connectivity index is 2.76. The first-order chi connectivity index (χ1) is 7.99. The Hall–Kier alpha value is -2.82. The van der Waals surface area contributed by atoms with Gasteiger partial charge in [0, 0.05) is 13.0 Å². The molecule has 0 aliphatic carbocycles. The molecule has 0 saturated heterocycles. The van der Waals surface area contributed by atoms with Crippen molar-refractivity contribution in [2.45, 2.75) is 0 Å². The van der Waals surface area contributed by atoms with Crippen molar-refractivity contribution < 1.29 is 4.79 Å². The fourth-order valence-electron chi connectivity index (χ4n) is 1.28. The number of hydrogen-bond acceptors (Lipinski definition) is 4. The molecule has 0 aromatic carbocycles. The van der Waals surface area contributed by atoms with Crippen molar-refractivity contribution in [3.63, 3.8) is 0 Å². The van der Waals surface area contributed by atoms with Crippen molar-refractivity contribution in [1.82, 2.24) is 19.5 Å². The highest BCUT2D eigenvalue weighted by Crippen LogP contribution is 2.01. The third-order valence-electron chi connectivity index (χ3n) is 2.06. The molecule has 0 saturated carbocycles. The molecule has 2 heterocycles. The van der Waals surface area contributed by atoms with Crippen LogP contribution in [0.3, 0.4) is 0 Å². The zero-order chi connectivity index (χ0) is 12.6. The van der Waals surface area contributed by atoms with E-state index in [-0.39, 0.29) is 17.0 Å². The maximum absolute atomic E-state index is 11.4. The summed E-state index contributed by atoms with van der Waals surface area (Å²) in [5, 5.41) is 0. The maximum Gasteiger partial charge on any atom is 0.329 e. The van der Waals surface area contributed by atoms with Crippen LogP contribution >= 0.6 is 0 Å². The number of nitrogens with two attached hydrogens (primary N) is 1. The number of carbonyl (C=O) groups excluding carboxylic acids is 1. The molecule has 0 radical (unpaired) electrons. The van der Waals surface area contributed by atoms with E-state index in [4.69, 9.17) is 5.73 Å². The van der Waals surface area contributed by atoms with Crippen LogP contribution in [-0.2, 0) is 11.8 Å². The van der Waals surface area contributed by atoms with Crippen molar-refractivity contribution >= 4 is 17.1 Å². The zero-order valence-electron chi connectivity index (χ0n) is 8.70. The molecule has 8 nitrogen and oxygen atoms in total. The van der Waals surface area contributed by atoms with Gasteiger partial charge in [0.05, 0.1) is 0 Å². The lowest BCUT2D eigenvalue weighted by molar-refractivity contribution is -0.112. The van der Waals surface area contributed by atoms with Gasteiger partial charge in [0.25, 0.3) is 11.5 Å². The second-order valence-corrected chi connectivity index (χ2v) is 3.22. The number of primary amides is 1. The van der Waals surface area contributed by atoms with Crippen molar-refractivity contribution in [2.24, 2.45) is 12.8 Å². The zero-order valence-corrected chi connectivity index (χ0v) is 8.70. The van der Waals surface area contributed by atoms with Gasteiger partial charge in [-0.05, 0) is 5.92 Å². The number of amides is 1. The number of nitrogens with one attached hydrogen (secondary N) is 2. The summed E-state index contributed by atoms with van der Waals surface area (Å²) < 4.78 is 1.16. The molecule has 0 aliphatic rings. The Bertz CT molecular complexity index is 783. The van der Waals surface area contributed by atoms with Crippen molar-refractivity contribution in [2.75, 3.05) is 0 Å². The Morgan fingerprint density at radius 3 is 2.76 bits per heavy atom. The van der Waals surface area contributed by atoms with Crippen LogP contribution in [0.1, 0.15) is 5.82 Å². The SMILES string of the molecule is Cn1c(=O)[nH]c(=O)c2[nH]c(C#CC(N)=O)nc21. The number of imidazole rings is 1. The predicted octanol–water partition coefficient (Wildman–Crippen LogP) is -2.21. The summed E-state index contributed by atoms with van der Waals surface area (Å²) in [4.78, 5) is 41.8. The van der Waals surface area contributed by atoms with Gasteiger partial charge < -0.3 is 10.7 Å². The van der Waals surface area contributed by atoms with Gasteiger partial charge in [-0.2, -0.15) is 0 Å². The van der Waals surface area contributed by atoms with Crippen LogP contribution in [-0.4, -0.2) is 25.4 Å².